The number of rotatable bonds is 2. The molecule has 0 unspecified atom stereocenters. The van der Waals surface area contributed by atoms with Crippen LogP contribution in [0, 0.1) is 0 Å². The molecule has 0 rings (SSSR count). The van der Waals surface area contributed by atoms with E-state index in [0.29, 0.717) is 11.5 Å². The van der Waals surface area contributed by atoms with E-state index in [1.807, 2.05) is 0 Å². The van der Waals surface area contributed by atoms with Gasteiger partial charge in [-0.15, -0.1) is 0 Å². The van der Waals surface area contributed by atoms with Crippen LogP contribution in [0.2, 0.25) is 0 Å². The average molecular weight is 238 g/mol. The Balaban J connectivity index is -0.000000107. The van der Waals surface area contributed by atoms with Gasteiger partial charge in [0.25, 0.3) is 0 Å². The topological polar surface area (TPSA) is 69.2 Å². The van der Waals surface area contributed by atoms with Crippen molar-refractivity contribution in [2.75, 3.05) is 11.5 Å². The molecule has 0 heterocycles. The fourth-order valence-electron chi connectivity index (χ4n) is 0.520. The Morgan fingerprint density at radius 1 is 0.917 bits per heavy atom. The van der Waals surface area contributed by atoms with Crippen molar-refractivity contribution in [2.45, 2.75) is 13.8 Å². The first-order chi connectivity index (χ1) is 4.02. The van der Waals surface area contributed by atoms with Crippen LogP contribution in [0.4, 0.5) is 0 Å². The maximum atomic E-state index is 10.3. The molecule has 0 aliphatic rings. The Morgan fingerprint density at radius 2 is 1.17 bits per heavy atom. The summed E-state index contributed by atoms with van der Waals surface area (Å²) < 4.78 is 0. The zero-order valence-electron chi connectivity index (χ0n) is 8.49. The molecule has 0 amide bonds. The van der Waals surface area contributed by atoms with Crippen molar-refractivity contribution in [1.29, 1.82) is 0 Å². The predicted molar refractivity (Wildman–Crippen MR) is 35.4 cm³/mol. The molecule has 12 heavy (non-hydrogen) atoms. The SMILES string of the molecule is CCS(CC)=P([O-])([O-])[O-].[Na+].[Na+].[Na+]. The van der Waals surface area contributed by atoms with Crippen LogP contribution in [0.3, 0.4) is 0 Å². The Hall–Kier alpha value is 3.66. The van der Waals surface area contributed by atoms with Crippen molar-refractivity contribution in [1.82, 2.24) is 0 Å². The fourth-order valence-corrected chi connectivity index (χ4v) is 3.46. The van der Waals surface area contributed by atoms with Crippen molar-refractivity contribution in [3.8, 4) is 0 Å². The van der Waals surface area contributed by atoms with Gasteiger partial charge in [-0.25, -0.2) is 10.1 Å². The zero-order chi connectivity index (χ0) is 7.49. The molecule has 8 heteroatoms. The van der Waals surface area contributed by atoms with Gasteiger partial charge in [-0.2, -0.15) is 0 Å². The maximum Gasteiger partial charge on any atom is 1.00 e. The third-order valence-electron chi connectivity index (χ3n) is 0.983. The Kier molecular flexibility index (Phi) is 26.3. The van der Waals surface area contributed by atoms with Crippen LogP contribution in [-0.2, 0) is 10.1 Å². The predicted octanol–water partition coefficient (Wildman–Crippen LogP) is -10.6. The molecule has 0 saturated carbocycles. The first-order valence-electron chi connectivity index (χ1n) is 2.72. The van der Waals surface area contributed by atoms with Gasteiger partial charge in [-0.05, 0) is 11.5 Å². The minimum absolute atomic E-state index is 0. The van der Waals surface area contributed by atoms with Crippen molar-refractivity contribution in [2.24, 2.45) is 0 Å². The van der Waals surface area contributed by atoms with E-state index >= 15 is 0 Å². The quantitative estimate of drug-likeness (QED) is 0.354. The normalized spacial score (nSPS) is 9.50. The van der Waals surface area contributed by atoms with Crippen molar-refractivity contribution in [3.05, 3.63) is 0 Å². The van der Waals surface area contributed by atoms with E-state index in [1.54, 1.807) is 13.8 Å². The van der Waals surface area contributed by atoms with Crippen molar-refractivity contribution >= 4 is 16.8 Å². The fraction of sp³-hybridized carbons (Fsp3) is 1.00. The van der Waals surface area contributed by atoms with Crippen LogP contribution in [0.1, 0.15) is 13.8 Å². The van der Waals surface area contributed by atoms with Crippen molar-refractivity contribution < 1.29 is 103 Å². The van der Waals surface area contributed by atoms with Crippen LogP contribution < -0.4 is 103 Å². The molecule has 0 aromatic carbocycles. The second-order valence-electron chi connectivity index (χ2n) is 1.49. The average Bonchev–Trinajstić information content (AvgIpc) is 1.65. The molecule has 0 aromatic heterocycles. The van der Waals surface area contributed by atoms with E-state index in [2.05, 4.69) is 0 Å². The van der Waals surface area contributed by atoms with Crippen LogP contribution in [0.5, 0.6) is 0 Å². The second-order valence-corrected chi connectivity index (χ2v) is 7.35. The molecule has 0 saturated heterocycles. The summed E-state index contributed by atoms with van der Waals surface area (Å²) in [4.78, 5) is 30.8. The third kappa shape index (κ3) is 11.7. The molecule has 0 fully saturated rings. The minimum Gasteiger partial charge on any atom is -0.848 e. The first-order valence-corrected chi connectivity index (χ1v) is 6.43. The van der Waals surface area contributed by atoms with Gasteiger partial charge in [-0.3, -0.25) is 0 Å². The van der Waals surface area contributed by atoms with E-state index < -0.39 is 16.8 Å². The number of hydrogen-bond acceptors (Lipinski definition) is 3. The summed E-state index contributed by atoms with van der Waals surface area (Å²) >= 11 is 0. The van der Waals surface area contributed by atoms with Gasteiger partial charge < -0.3 is 21.4 Å². The summed E-state index contributed by atoms with van der Waals surface area (Å²) in [5.74, 6) is 0.918. The molecule has 3 nitrogen and oxygen atoms in total. The molecule has 0 aliphatic heterocycles. The van der Waals surface area contributed by atoms with E-state index in [1.165, 1.54) is 0 Å². The van der Waals surface area contributed by atoms with Gasteiger partial charge in [0.15, 0.2) is 0 Å². The van der Waals surface area contributed by atoms with E-state index in [-0.39, 0.29) is 88.7 Å². The third-order valence-corrected chi connectivity index (χ3v) is 6.39. The molecule has 58 valence electrons. The van der Waals surface area contributed by atoms with Gasteiger partial charge in [0.05, 0.1) is 0 Å². The standard InChI is InChI=1S/C4H10O3PS.3Na/c1-3-9(4-2)8(5,6)7;;;/h3-4H2,1-2H3;;;/q-3;3*+1. The minimum atomic E-state index is -4.25. The Labute approximate surface area is 143 Å². The maximum absolute atomic E-state index is 10.3. The zero-order valence-corrected chi connectivity index (χ0v) is 16.2. The van der Waals surface area contributed by atoms with E-state index in [4.69, 9.17) is 0 Å². The molecule has 0 aliphatic carbocycles. The molecule has 0 atom stereocenters. The molecule has 0 spiro atoms. The largest absolute Gasteiger partial charge is 1.00 e. The van der Waals surface area contributed by atoms with Gasteiger partial charge in [0.2, 0.25) is 0 Å². The number of hydrogen-bond donors (Lipinski definition) is 0. The van der Waals surface area contributed by atoms with Gasteiger partial charge in [-0.1, -0.05) is 13.8 Å². The summed E-state index contributed by atoms with van der Waals surface area (Å²) in [7, 11) is -0.911. The van der Waals surface area contributed by atoms with Crippen LogP contribution >= 0.6 is 6.72 Å². The molecule has 0 aromatic rings. The van der Waals surface area contributed by atoms with E-state index in [9.17, 15) is 14.7 Å². The summed E-state index contributed by atoms with van der Waals surface area (Å²) in [6.07, 6.45) is 0. The smallest absolute Gasteiger partial charge is 0.848 e. The van der Waals surface area contributed by atoms with Crippen LogP contribution in [-0.4, -0.2) is 11.5 Å². The van der Waals surface area contributed by atoms with Gasteiger partial charge in [0, 0.05) is 0 Å². The molecule has 0 radical (unpaired) electrons. The summed E-state index contributed by atoms with van der Waals surface area (Å²) in [6.45, 7) is -0.813. The molecular weight excluding hydrogens is 228 g/mol. The van der Waals surface area contributed by atoms with Gasteiger partial charge in [0.1, 0.15) is 0 Å². The molecular formula is C4H10Na3O3PS. The molecule has 0 bridgehead atoms. The Morgan fingerprint density at radius 3 is 1.17 bits per heavy atom. The van der Waals surface area contributed by atoms with Crippen LogP contribution in [0.15, 0.2) is 0 Å². The summed E-state index contributed by atoms with van der Waals surface area (Å²) in [5.41, 5.74) is 0. The monoisotopic (exact) mass is 238 g/mol. The Bertz CT molecular complexity index is 134. The summed E-state index contributed by atoms with van der Waals surface area (Å²) in [6, 6.07) is 0. The first kappa shape index (κ1) is 24.8. The van der Waals surface area contributed by atoms with Crippen molar-refractivity contribution in [3.63, 3.8) is 0 Å². The summed E-state index contributed by atoms with van der Waals surface area (Å²) in [5, 5.41) is 0. The van der Waals surface area contributed by atoms with E-state index in [0.717, 1.165) is 0 Å². The van der Waals surface area contributed by atoms with Crippen LogP contribution in [0.25, 0.3) is 0 Å². The second kappa shape index (κ2) is 12.7. The van der Waals surface area contributed by atoms with Gasteiger partial charge >= 0.3 is 88.7 Å². The molecule has 0 N–H and O–H groups in total.